The van der Waals surface area contributed by atoms with Crippen molar-refractivity contribution in [1.82, 2.24) is 4.57 Å². The molecule has 2 aliphatic carbocycles. The zero-order valence-electron chi connectivity index (χ0n) is 10.2. The van der Waals surface area contributed by atoms with Crippen LogP contribution in [0.5, 0.6) is 0 Å². The Labute approximate surface area is 116 Å². The maximum absolute atomic E-state index is 11.9. The molecule has 2 saturated carbocycles. The quantitative estimate of drug-likeness (QED) is 0.756. The predicted octanol–water partition coefficient (Wildman–Crippen LogP) is 3.20. The van der Waals surface area contributed by atoms with Crippen LogP contribution in [0.4, 0.5) is 0 Å². The minimum atomic E-state index is 0.172. The molecule has 17 heavy (non-hydrogen) atoms. The number of aromatic nitrogens is 1. The molecule has 0 aromatic carbocycles. The van der Waals surface area contributed by atoms with Gasteiger partial charge in [-0.05, 0) is 72.1 Å². The molecule has 3 rings (SSSR count). The molecule has 3 atom stereocenters. The van der Waals surface area contributed by atoms with Crippen molar-refractivity contribution in [2.75, 3.05) is 0 Å². The average Bonchev–Trinajstić information content (AvgIpc) is 2.87. The average molecular weight is 343 g/mol. The van der Waals surface area contributed by atoms with E-state index in [9.17, 15) is 4.79 Å². The van der Waals surface area contributed by atoms with E-state index in [0.29, 0.717) is 0 Å². The Kier molecular flexibility index (Phi) is 3.05. The third kappa shape index (κ3) is 2.18. The van der Waals surface area contributed by atoms with Gasteiger partial charge in [-0.25, -0.2) is 0 Å². The summed E-state index contributed by atoms with van der Waals surface area (Å²) in [6.07, 6.45) is 7.63. The van der Waals surface area contributed by atoms with Crippen LogP contribution in [0.1, 0.15) is 31.2 Å². The fourth-order valence-electron chi connectivity index (χ4n) is 3.63. The summed E-state index contributed by atoms with van der Waals surface area (Å²) in [5.41, 5.74) is 1.27. The summed E-state index contributed by atoms with van der Waals surface area (Å²) in [6.45, 7) is 2.95. The van der Waals surface area contributed by atoms with Crippen molar-refractivity contribution in [3.63, 3.8) is 0 Å². The van der Waals surface area contributed by atoms with Crippen molar-refractivity contribution >= 4 is 22.6 Å². The predicted molar refractivity (Wildman–Crippen MR) is 77.1 cm³/mol. The summed E-state index contributed by atoms with van der Waals surface area (Å²) in [6, 6.07) is 1.77. The van der Waals surface area contributed by atoms with Gasteiger partial charge in [-0.15, -0.1) is 0 Å². The Hall–Kier alpha value is -0.320. The van der Waals surface area contributed by atoms with E-state index >= 15 is 0 Å². The Balaban J connectivity index is 1.81. The highest BCUT2D eigenvalue weighted by molar-refractivity contribution is 14.1. The number of hydrogen-bond donors (Lipinski definition) is 0. The summed E-state index contributed by atoms with van der Waals surface area (Å²) in [4.78, 5) is 11.9. The lowest BCUT2D eigenvalue weighted by atomic mass is 9.89. The van der Waals surface area contributed by atoms with Gasteiger partial charge < -0.3 is 4.57 Å². The molecular weight excluding hydrogens is 325 g/mol. The number of rotatable bonds is 2. The summed E-state index contributed by atoms with van der Waals surface area (Å²) in [5.74, 6) is 2.61. The molecule has 3 unspecified atom stereocenters. The molecule has 1 heterocycles. The van der Waals surface area contributed by atoms with Crippen molar-refractivity contribution < 1.29 is 0 Å². The summed E-state index contributed by atoms with van der Waals surface area (Å²) in [5, 5.41) is 0. The van der Waals surface area contributed by atoms with E-state index < -0.39 is 0 Å². The second-order valence-electron chi connectivity index (χ2n) is 5.73. The third-order valence-corrected chi connectivity index (χ3v) is 5.71. The van der Waals surface area contributed by atoms with Gasteiger partial charge in [-0.1, -0.05) is 6.42 Å². The number of hydrogen-bond acceptors (Lipinski definition) is 1. The molecule has 92 valence electrons. The second-order valence-corrected chi connectivity index (χ2v) is 6.89. The van der Waals surface area contributed by atoms with E-state index in [1.54, 1.807) is 6.07 Å². The lowest BCUT2D eigenvalue weighted by molar-refractivity contribution is 0.292. The van der Waals surface area contributed by atoms with E-state index in [1.165, 1.54) is 29.3 Å². The standard InChI is InChI=1S/C14H18INO/c1-9-4-14(17)16(8-13(9)15)7-12-6-10-2-3-11(12)5-10/h4,8,10-12H,2-3,5-7H2,1H3. The molecule has 0 N–H and O–H groups in total. The maximum atomic E-state index is 11.9. The third-order valence-electron chi connectivity index (χ3n) is 4.58. The van der Waals surface area contributed by atoms with E-state index in [-0.39, 0.29) is 5.56 Å². The van der Waals surface area contributed by atoms with Gasteiger partial charge in [0.05, 0.1) is 0 Å². The van der Waals surface area contributed by atoms with Crippen LogP contribution in [-0.4, -0.2) is 4.57 Å². The first-order chi connectivity index (χ1) is 8.13. The molecule has 1 aromatic heterocycles. The molecule has 0 aliphatic heterocycles. The van der Waals surface area contributed by atoms with Crippen molar-refractivity contribution in [3.05, 3.63) is 31.8 Å². The lowest BCUT2D eigenvalue weighted by Crippen LogP contribution is -2.26. The van der Waals surface area contributed by atoms with E-state index in [0.717, 1.165) is 29.9 Å². The SMILES string of the molecule is Cc1cc(=O)n(CC2CC3CCC2C3)cc1I. The van der Waals surface area contributed by atoms with Crippen molar-refractivity contribution in [1.29, 1.82) is 0 Å². The maximum Gasteiger partial charge on any atom is 0.250 e. The summed E-state index contributed by atoms with van der Waals surface area (Å²) >= 11 is 2.32. The first-order valence-electron chi connectivity index (χ1n) is 6.50. The van der Waals surface area contributed by atoms with Gasteiger partial charge >= 0.3 is 0 Å². The Morgan fingerprint density at radius 2 is 2.24 bits per heavy atom. The first-order valence-corrected chi connectivity index (χ1v) is 7.58. The van der Waals surface area contributed by atoms with Crippen LogP contribution in [-0.2, 0) is 6.54 Å². The number of pyridine rings is 1. The van der Waals surface area contributed by atoms with Gasteiger partial charge in [0.1, 0.15) is 0 Å². The van der Waals surface area contributed by atoms with Crippen LogP contribution in [0, 0.1) is 28.2 Å². The molecule has 1 aromatic rings. The van der Waals surface area contributed by atoms with Gasteiger partial charge in [0.25, 0.3) is 5.56 Å². The molecule has 0 saturated heterocycles. The highest BCUT2D eigenvalue weighted by Crippen LogP contribution is 2.48. The van der Waals surface area contributed by atoms with Crippen molar-refractivity contribution in [3.8, 4) is 0 Å². The van der Waals surface area contributed by atoms with Crippen LogP contribution in [0.25, 0.3) is 0 Å². The Morgan fingerprint density at radius 1 is 1.41 bits per heavy atom. The van der Waals surface area contributed by atoms with Crippen LogP contribution >= 0.6 is 22.6 Å². The monoisotopic (exact) mass is 343 g/mol. The second kappa shape index (κ2) is 4.41. The van der Waals surface area contributed by atoms with Gasteiger partial charge in [-0.2, -0.15) is 0 Å². The molecular formula is C14H18INO. The number of aryl methyl sites for hydroxylation is 1. The van der Waals surface area contributed by atoms with Crippen LogP contribution in [0.15, 0.2) is 17.1 Å². The molecule has 0 amide bonds. The topological polar surface area (TPSA) is 22.0 Å². The normalized spacial score (nSPS) is 31.1. The number of fused-ring (bicyclic) bond motifs is 2. The first kappa shape index (κ1) is 11.8. The largest absolute Gasteiger partial charge is 0.314 e. The molecule has 0 spiro atoms. The zero-order chi connectivity index (χ0) is 12.0. The smallest absolute Gasteiger partial charge is 0.250 e. The highest BCUT2D eigenvalue weighted by atomic mass is 127. The highest BCUT2D eigenvalue weighted by Gasteiger charge is 2.39. The van der Waals surface area contributed by atoms with Gasteiger partial charge in [-0.3, -0.25) is 4.79 Å². The summed E-state index contributed by atoms with van der Waals surface area (Å²) < 4.78 is 3.13. The summed E-state index contributed by atoms with van der Waals surface area (Å²) in [7, 11) is 0. The molecule has 2 bridgehead atoms. The van der Waals surface area contributed by atoms with Crippen molar-refractivity contribution in [2.45, 2.75) is 39.2 Å². The lowest BCUT2D eigenvalue weighted by Gasteiger charge is -2.22. The van der Waals surface area contributed by atoms with E-state index in [2.05, 4.69) is 22.6 Å². The Bertz CT molecular complexity index is 493. The molecule has 0 radical (unpaired) electrons. The van der Waals surface area contributed by atoms with Crippen LogP contribution in [0.3, 0.4) is 0 Å². The minimum absolute atomic E-state index is 0.172. The van der Waals surface area contributed by atoms with Crippen molar-refractivity contribution in [2.24, 2.45) is 17.8 Å². The van der Waals surface area contributed by atoms with E-state index in [4.69, 9.17) is 0 Å². The molecule has 2 nitrogen and oxygen atoms in total. The Morgan fingerprint density at radius 3 is 2.88 bits per heavy atom. The van der Waals surface area contributed by atoms with Gasteiger partial charge in [0, 0.05) is 22.4 Å². The van der Waals surface area contributed by atoms with Gasteiger partial charge in [0.2, 0.25) is 0 Å². The molecule has 3 heteroatoms. The fraction of sp³-hybridized carbons (Fsp3) is 0.643. The van der Waals surface area contributed by atoms with Crippen LogP contribution in [0.2, 0.25) is 0 Å². The minimum Gasteiger partial charge on any atom is -0.314 e. The molecule has 2 fully saturated rings. The molecule has 2 aliphatic rings. The fourth-order valence-corrected chi connectivity index (χ4v) is 4.13. The number of halogens is 1. The number of nitrogens with zero attached hydrogens (tertiary/aromatic N) is 1. The van der Waals surface area contributed by atoms with Crippen LogP contribution < -0.4 is 5.56 Å². The zero-order valence-corrected chi connectivity index (χ0v) is 12.3. The van der Waals surface area contributed by atoms with E-state index in [1.807, 2.05) is 17.7 Å². The van der Waals surface area contributed by atoms with Gasteiger partial charge in [0.15, 0.2) is 0 Å².